The Morgan fingerprint density at radius 2 is 1.71 bits per heavy atom. The maximum absolute atomic E-state index is 5.57. The van der Waals surface area contributed by atoms with E-state index in [-0.39, 0.29) is 0 Å². The van der Waals surface area contributed by atoms with Gasteiger partial charge in [0.05, 0.1) is 18.1 Å². The Labute approximate surface area is 165 Å². The Bertz CT molecular complexity index is 829. The summed E-state index contributed by atoms with van der Waals surface area (Å²) >= 11 is 0. The number of pyridine rings is 1. The van der Waals surface area contributed by atoms with Crippen LogP contribution < -0.4 is 10.2 Å². The van der Waals surface area contributed by atoms with Gasteiger partial charge in [-0.25, -0.2) is 9.97 Å². The van der Waals surface area contributed by atoms with Crippen LogP contribution in [0.15, 0.2) is 24.5 Å². The quantitative estimate of drug-likeness (QED) is 0.854. The first-order chi connectivity index (χ1) is 13.8. The molecular formula is C22H27N5O. The average molecular weight is 377 g/mol. The van der Waals surface area contributed by atoms with Gasteiger partial charge in [-0.05, 0) is 67.6 Å². The molecule has 2 aliphatic heterocycles. The van der Waals surface area contributed by atoms with E-state index in [1.807, 2.05) is 12.4 Å². The second kappa shape index (κ2) is 6.69. The minimum Gasteiger partial charge on any atom is -0.381 e. The Hall–Kier alpha value is -2.21. The summed E-state index contributed by atoms with van der Waals surface area (Å²) in [7, 11) is 0. The van der Waals surface area contributed by atoms with E-state index in [4.69, 9.17) is 9.72 Å². The van der Waals surface area contributed by atoms with Crippen LogP contribution in [0.3, 0.4) is 0 Å². The fraction of sp³-hybridized carbons (Fsp3) is 0.591. The molecular weight excluding hydrogens is 350 g/mol. The number of nitrogens with zero attached hydrogens (tertiary/aromatic N) is 4. The molecule has 2 aliphatic carbocycles. The molecule has 0 radical (unpaired) electrons. The molecule has 2 unspecified atom stereocenters. The van der Waals surface area contributed by atoms with Gasteiger partial charge in [0.1, 0.15) is 17.5 Å². The van der Waals surface area contributed by atoms with Crippen LogP contribution in [-0.4, -0.2) is 41.3 Å². The van der Waals surface area contributed by atoms with Gasteiger partial charge < -0.3 is 15.0 Å². The van der Waals surface area contributed by atoms with Crippen molar-refractivity contribution in [2.45, 2.75) is 43.9 Å². The number of aromatic nitrogens is 3. The highest BCUT2D eigenvalue weighted by atomic mass is 16.5. The lowest BCUT2D eigenvalue weighted by molar-refractivity contribution is 0.0853. The van der Waals surface area contributed by atoms with E-state index >= 15 is 0 Å². The van der Waals surface area contributed by atoms with Gasteiger partial charge in [0.2, 0.25) is 0 Å². The summed E-state index contributed by atoms with van der Waals surface area (Å²) in [4.78, 5) is 16.6. The van der Waals surface area contributed by atoms with E-state index in [1.165, 1.54) is 24.8 Å². The van der Waals surface area contributed by atoms with E-state index in [0.29, 0.717) is 11.8 Å². The van der Waals surface area contributed by atoms with Crippen molar-refractivity contribution in [1.29, 1.82) is 0 Å². The molecule has 2 atom stereocenters. The number of nitrogens with one attached hydrogen (secondary N) is 1. The first-order valence-electron chi connectivity index (χ1n) is 10.8. The Morgan fingerprint density at radius 1 is 0.893 bits per heavy atom. The van der Waals surface area contributed by atoms with Crippen molar-refractivity contribution in [3.63, 3.8) is 0 Å². The van der Waals surface area contributed by atoms with Crippen LogP contribution in [0.2, 0.25) is 0 Å². The number of piperidine rings is 1. The van der Waals surface area contributed by atoms with Crippen molar-refractivity contribution in [2.24, 2.45) is 11.8 Å². The van der Waals surface area contributed by atoms with E-state index in [1.54, 1.807) is 0 Å². The summed E-state index contributed by atoms with van der Waals surface area (Å²) in [6.45, 7) is 4.02. The van der Waals surface area contributed by atoms with Crippen LogP contribution in [0, 0.1) is 11.8 Å². The Morgan fingerprint density at radius 3 is 2.43 bits per heavy atom. The smallest absolute Gasteiger partial charge is 0.150 e. The topological polar surface area (TPSA) is 63.2 Å². The third-order valence-electron chi connectivity index (χ3n) is 6.75. The van der Waals surface area contributed by atoms with Crippen molar-refractivity contribution >= 4 is 17.5 Å². The molecule has 0 spiro atoms. The first-order valence-corrected chi connectivity index (χ1v) is 10.8. The summed E-state index contributed by atoms with van der Waals surface area (Å²) in [5.74, 6) is 5.74. The van der Waals surface area contributed by atoms with Crippen molar-refractivity contribution < 1.29 is 4.74 Å². The second-order valence-electron chi connectivity index (χ2n) is 8.92. The molecule has 6 heteroatoms. The van der Waals surface area contributed by atoms with Gasteiger partial charge in [-0.15, -0.1) is 0 Å². The number of rotatable bonds is 5. The third-order valence-corrected chi connectivity index (χ3v) is 6.75. The molecule has 4 heterocycles. The standard InChI is InChI=1S/C22H27N5O/c1-2-15(1)19-10-24-21(11-23-19)25-20-8-16(14-3-5-28-6-4-14)9-22(26-20)27-12-17-7-18(17)13-27/h8-11,14-15,17-18H,1-7,12-13H2,(H,24,25,26). The molecule has 4 aliphatic rings. The van der Waals surface area contributed by atoms with E-state index in [9.17, 15) is 0 Å². The number of hydrogen-bond acceptors (Lipinski definition) is 6. The zero-order valence-electron chi connectivity index (χ0n) is 16.2. The van der Waals surface area contributed by atoms with Crippen molar-refractivity contribution in [3.8, 4) is 0 Å². The Kier molecular flexibility index (Phi) is 4.00. The van der Waals surface area contributed by atoms with Crippen molar-refractivity contribution in [3.05, 3.63) is 35.8 Å². The van der Waals surface area contributed by atoms with Crippen LogP contribution >= 0.6 is 0 Å². The fourth-order valence-electron chi connectivity index (χ4n) is 4.74. The van der Waals surface area contributed by atoms with E-state index in [2.05, 4.69) is 32.3 Å². The predicted molar refractivity (Wildman–Crippen MR) is 108 cm³/mol. The van der Waals surface area contributed by atoms with Crippen molar-refractivity contribution in [2.75, 3.05) is 36.5 Å². The van der Waals surface area contributed by atoms with E-state index < -0.39 is 0 Å². The number of anilines is 3. The second-order valence-corrected chi connectivity index (χ2v) is 8.92. The normalized spacial score (nSPS) is 26.9. The van der Waals surface area contributed by atoms with E-state index in [0.717, 1.165) is 74.1 Å². The highest BCUT2D eigenvalue weighted by molar-refractivity contribution is 5.58. The molecule has 0 aromatic carbocycles. The molecule has 1 N–H and O–H groups in total. The van der Waals surface area contributed by atoms with Gasteiger partial charge in [-0.1, -0.05) is 0 Å². The summed E-state index contributed by atoms with van der Waals surface area (Å²) in [6.07, 6.45) is 9.84. The number of fused-ring (bicyclic) bond motifs is 1. The van der Waals surface area contributed by atoms with Crippen LogP contribution in [0.25, 0.3) is 0 Å². The van der Waals surface area contributed by atoms with Crippen LogP contribution in [-0.2, 0) is 4.74 Å². The number of ether oxygens (including phenoxy) is 1. The van der Waals surface area contributed by atoms with Gasteiger partial charge >= 0.3 is 0 Å². The summed E-state index contributed by atoms with van der Waals surface area (Å²) in [6, 6.07) is 4.51. The molecule has 6 rings (SSSR count). The predicted octanol–water partition coefficient (Wildman–Crippen LogP) is 3.84. The van der Waals surface area contributed by atoms with Crippen molar-refractivity contribution in [1.82, 2.24) is 15.0 Å². The van der Waals surface area contributed by atoms with Gasteiger partial charge in [0.15, 0.2) is 0 Å². The van der Waals surface area contributed by atoms with Crippen LogP contribution in [0.4, 0.5) is 17.5 Å². The minimum atomic E-state index is 0.552. The molecule has 2 saturated carbocycles. The molecule has 0 amide bonds. The maximum atomic E-state index is 5.57. The lowest BCUT2D eigenvalue weighted by Gasteiger charge is -2.26. The highest BCUT2D eigenvalue weighted by Gasteiger charge is 2.45. The SMILES string of the molecule is c1nc(C2CC2)cnc1Nc1cc(C2CCOCC2)cc(N2CC3CC3C2)n1. The zero-order valence-corrected chi connectivity index (χ0v) is 16.2. The molecule has 4 fully saturated rings. The Balaban J connectivity index is 1.28. The average Bonchev–Trinajstić information content (AvgIpc) is 3.68. The largest absolute Gasteiger partial charge is 0.381 e. The summed E-state index contributed by atoms with van der Waals surface area (Å²) < 4.78 is 5.57. The minimum absolute atomic E-state index is 0.552. The van der Waals surface area contributed by atoms with Gasteiger partial charge in [-0.3, -0.25) is 4.98 Å². The lowest BCUT2D eigenvalue weighted by atomic mass is 9.92. The maximum Gasteiger partial charge on any atom is 0.150 e. The number of hydrogen-bond donors (Lipinski definition) is 1. The lowest BCUT2D eigenvalue weighted by Crippen LogP contribution is -2.24. The molecule has 2 aromatic heterocycles. The molecule has 6 nitrogen and oxygen atoms in total. The third kappa shape index (κ3) is 3.34. The molecule has 2 saturated heterocycles. The zero-order chi connectivity index (χ0) is 18.5. The summed E-state index contributed by atoms with van der Waals surface area (Å²) in [5.41, 5.74) is 2.49. The molecule has 0 bridgehead atoms. The first kappa shape index (κ1) is 16.7. The van der Waals surface area contributed by atoms with Gasteiger partial charge in [0.25, 0.3) is 0 Å². The van der Waals surface area contributed by atoms with Gasteiger partial charge in [-0.2, -0.15) is 0 Å². The molecule has 2 aromatic rings. The monoisotopic (exact) mass is 377 g/mol. The molecule has 146 valence electrons. The highest BCUT2D eigenvalue weighted by Crippen LogP contribution is 2.46. The van der Waals surface area contributed by atoms with Crippen LogP contribution in [0.5, 0.6) is 0 Å². The fourth-order valence-corrected chi connectivity index (χ4v) is 4.74. The molecule has 28 heavy (non-hydrogen) atoms. The summed E-state index contributed by atoms with van der Waals surface area (Å²) in [5, 5.41) is 3.41. The van der Waals surface area contributed by atoms with Gasteiger partial charge in [0, 0.05) is 32.2 Å². The van der Waals surface area contributed by atoms with Crippen LogP contribution in [0.1, 0.15) is 55.2 Å².